The van der Waals surface area contributed by atoms with Gasteiger partial charge >= 0.3 is 12.2 Å². The van der Waals surface area contributed by atoms with Crippen LogP contribution in [-0.2, 0) is 14.2 Å². The van der Waals surface area contributed by atoms with Crippen LogP contribution in [0.2, 0.25) is 0 Å². The molecule has 2 N–H and O–H groups in total. The van der Waals surface area contributed by atoms with E-state index >= 15 is 0 Å². The van der Waals surface area contributed by atoms with Crippen LogP contribution in [0, 0.1) is 11.3 Å². The molecule has 0 aromatic carbocycles. The fourth-order valence-electron chi connectivity index (χ4n) is 2.49. The third-order valence-electron chi connectivity index (χ3n) is 3.87. The van der Waals surface area contributed by atoms with Crippen LogP contribution in [0.15, 0.2) is 0 Å². The minimum absolute atomic E-state index is 0.0205. The van der Waals surface area contributed by atoms with Crippen molar-refractivity contribution in [2.75, 3.05) is 26.9 Å². The molecule has 0 aliphatic carbocycles. The highest BCUT2D eigenvalue weighted by atomic mass is 16.6. The molecule has 0 aliphatic rings. The lowest BCUT2D eigenvalue weighted by Crippen LogP contribution is -2.41. The van der Waals surface area contributed by atoms with Crippen LogP contribution in [0.4, 0.5) is 9.59 Å². The summed E-state index contributed by atoms with van der Waals surface area (Å²) in [4.78, 5) is 23.7. The van der Waals surface area contributed by atoms with Gasteiger partial charge in [0.2, 0.25) is 0 Å². The third-order valence-corrected chi connectivity index (χ3v) is 3.87. The Morgan fingerprint density at radius 3 is 2.27 bits per heavy atom. The number of hydrogen-bond donors (Lipinski definition) is 2. The number of hydrogen-bond acceptors (Lipinski definition) is 5. The molecule has 26 heavy (non-hydrogen) atoms. The van der Waals surface area contributed by atoms with E-state index in [2.05, 4.69) is 31.4 Å². The number of methoxy groups -OCH3 is 1. The van der Waals surface area contributed by atoms with Gasteiger partial charge in [0.25, 0.3) is 0 Å². The van der Waals surface area contributed by atoms with E-state index in [9.17, 15) is 9.59 Å². The molecular formula is C19H38N2O5. The van der Waals surface area contributed by atoms with E-state index in [1.807, 2.05) is 20.8 Å². The molecule has 7 nitrogen and oxygen atoms in total. The minimum atomic E-state index is -0.453. The SMILES string of the molecule is CCC(C)OC(=O)NC(CC(C)CNC(=O)OCCOC)CC(C)(C)C. The third kappa shape index (κ3) is 13.8. The number of ether oxygens (including phenoxy) is 3. The van der Waals surface area contributed by atoms with Crippen molar-refractivity contribution in [1.29, 1.82) is 0 Å². The average molecular weight is 375 g/mol. The normalized spacial score (nSPS) is 14.9. The molecule has 0 aromatic rings. The molecule has 3 atom stereocenters. The van der Waals surface area contributed by atoms with Gasteiger partial charge < -0.3 is 24.8 Å². The molecule has 0 aliphatic heterocycles. The molecule has 0 saturated heterocycles. The molecule has 0 spiro atoms. The van der Waals surface area contributed by atoms with E-state index < -0.39 is 6.09 Å². The smallest absolute Gasteiger partial charge is 0.407 e. The molecule has 0 fully saturated rings. The van der Waals surface area contributed by atoms with Gasteiger partial charge in [-0.3, -0.25) is 0 Å². The van der Waals surface area contributed by atoms with Crippen LogP contribution in [0.5, 0.6) is 0 Å². The molecule has 2 amide bonds. The number of amides is 2. The first-order valence-corrected chi connectivity index (χ1v) is 9.44. The molecule has 154 valence electrons. The van der Waals surface area contributed by atoms with Gasteiger partial charge in [-0.2, -0.15) is 0 Å². The maximum Gasteiger partial charge on any atom is 0.407 e. The molecule has 0 radical (unpaired) electrons. The number of carbonyl (C=O) groups excluding carboxylic acids is 2. The van der Waals surface area contributed by atoms with Crippen LogP contribution >= 0.6 is 0 Å². The fraction of sp³-hybridized carbons (Fsp3) is 0.895. The zero-order valence-electron chi connectivity index (χ0n) is 17.5. The van der Waals surface area contributed by atoms with Crippen molar-refractivity contribution < 1.29 is 23.8 Å². The van der Waals surface area contributed by atoms with Gasteiger partial charge in [0.1, 0.15) is 12.7 Å². The summed E-state index contributed by atoms with van der Waals surface area (Å²) in [6, 6.07) is -0.0205. The summed E-state index contributed by atoms with van der Waals surface area (Å²) in [7, 11) is 1.55. The molecule has 0 bridgehead atoms. The Bertz CT molecular complexity index is 409. The Morgan fingerprint density at radius 1 is 1.08 bits per heavy atom. The molecule has 0 aromatic heterocycles. The van der Waals surface area contributed by atoms with Gasteiger partial charge in [-0.15, -0.1) is 0 Å². The van der Waals surface area contributed by atoms with Crippen LogP contribution in [-0.4, -0.2) is 51.2 Å². The van der Waals surface area contributed by atoms with Crippen molar-refractivity contribution in [3.63, 3.8) is 0 Å². The summed E-state index contributed by atoms with van der Waals surface area (Å²) < 4.78 is 15.1. The van der Waals surface area contributed by atoms with Crippen LogP contribution in [0.1, 0.15) is 60.8 Å². The van der Waals surface area contributed by atoms with E-state index in [1.165, 1.54) is 0 Å². The largest absolute Gasteiger partial charge is 0.447 e. The highest BCUT2D eigenvalue weighted by Gasteiger charge is 2.23. The lowest BCUT2D eigenvalue weighted by molar-refractivity contribution is 0.0950. The molecule has 0 heterocycles. The van der Waals surface area contributed by atoms with Crippen molar-refractivity contribution in [3.05, 3.63) is 0 Å². The summed E-state index contributed by atoms with van der Waals surface area (Å²) in [5.41, 5.74) is 0.0700. The first kappa shape index (κ1) is 24.5. The zero-order valence-corrected chi connectivity index (χ0v) is 17.5. The predicted molar refractivity (Wildman–Crippen MR) is 102 cm³/mol. The summed E-state index contributed by atoms with van der Waals surface area (Å²) >= 11 is 0. The summed E-state index contributed by atoms with van der Waals surface area (Å²) in [5, 5.41) is 5.72. The fourth-order valence-corrected chi connectivity index (χ4v) is 2.49. The lowest BCUT2D eigenvalue weighted by atomic mass is 9.85. The maximum atomic E-state index is 12.1. The quantitative estimate of drug-likeness (QED) is 0.538. The van der Waals surface area contributed by atoms with Gasteiger partial charge in [-0.05, 0) is 37.5 Å². The monoisotopic (exact) mass is 374 g/mol. The second-order valence-corrected chi connectivity index (χ2v) is 8.08. The van der Waals surface area contributed by atoms with E-state index in [0.717, 1.165) is 19.3 Å². The Kier molecular flexibility index (Phi) is 12.1. The second-order valence-electron chi connectivity index (χ2n) is 8.08. The van der Waals surface area contributed by atoms with Crippen molar-refractivity contribution >= 4 is 12.2 Å². The lowest BCUT2D eigenvalue weighted by Gasteiger charge is -2.29. The first-order valence-electron chi connectivity index (χ1n) is 9.44. The summed E-state index contributed by atoms with van der Waals surface area (Å²) in [5.74, 6) is 0.182. The van der Waals surface area contributed by atoms with E-state index in [1.54, 1.807) is 7.11 Å². The Labute approximate surface area is 158 Å². The molecule has 0 rings (SSSR count). The summed E-state index contributed by atoms with van der Waals surface area (Å²) in [6.45, 7) is 13.4. The van der Waals surface area contributed by atoms with Crippen molar-refractivity contribution in [3.8, 4) is 0 Å². The van der Waals surface area contributed by atoms with E-state index in [0.29, 0.717) is 13.2 Å². The number of rotatable bonds is 11. The molecule has 3 unspecified atom stereocenters. The Hall–Kier alpha value is -1.50. The number of alkyl carbamates (subject to hydrolysis) is 2. The summed E-state index contributed by atoms with van der Waals surface area (Å²) in [6.07, 6.45) is 1.41. The molecule has 0 saturated carbocycles. The Morgan fingerprint density at radius 2 is 1.73 bits per heavy atom. The van der Waals surface area contributed by atoms with Gasteiger partial charge in [-0.1, -0.05) is 34.6 Å². The standard InChI is InChI=1S/C19H38N2O5/c1-8-15(3)26-18(23)21-16(12-19(4,5)6)11-14(2)13-20-17(22)25-10-9-24-7/h14-16H,8-13H2,1-7H3,(H,20,22)(H,21,23). The highest BCUT2D eigenvalue weighted by Crippen LogP contribution is 2.24. The maximum absolute atomic E-state index is 12.1. The van der Waals surface area contributed by atoms with Gasteiger partial charge in [0.05, 0.1) is 6.61 Å². The van der Waals surface area contributed by atoms with Gasteiger partial charge in [-0.25, -0.2) is 9.59 Å². The van der Waals surface area contributed by atoms with Crippen LogP contribution < -0.4 is 10.6 Å². The van der Waals surface area contributed by atoms with Crippen molar-refractivity contribution in [1.82, 2.24) is 10.6 Å². The second kappa shape index (κ2) is 12.8. The average Bonchev–Trinajstić information content (AvgIpc) is 2.51. The topological polar surface area (TPSA) is 85.9 Å². The van der Waals surface area contributed by atoms with E-state index in [-0.39, 0.29) is 36.2 Å². The van der Waals surface area contributed by atoms with E-state index in [4.69, 9.17) is 14.2 Å². The predicted octanol–water partition coefficient (Wildman–Crippen LogP) is 3.71. The highest BCUT2D eigenvalue weighted by molar-refractivity contribution is 5.68. The van der Waals surface area contributed by atoms with Crippen molar-refractivity contribution in [2.45, 2.75) is 73.0 Å². The zero-order chi connectivity index (χ0) is 20.2. The number of carbonyl (C=O) groups is 2. The first-order chi connectivity index (χ1) is 12.1. The van der Waals surface area contributed by atoms with Gasteiger partial charge in [0.15, 0.2) is 0 Å². The Balaban J connectivity index is 4.47. The van der Waals surface area contributed by atoms with Crippen molar-refractivity contribution in [2.24, 2.45) is 11.3 Å². The molecular weight excluding hydrogens is 336 g/mol. The van der Waals surface area contributed by atoms with Crippen LogP contribution in [0.3, 0.4) is 0 Å². The molecule has 7 heteroatoms. The minimum Gasteiger partial charge on any atom is -0.447 e. The number of nitrogens with one attached hydrogen (secondary N) is 2. The van der Waals surface area contributed by atoms with Crippen LogP contribution in [0.25, 0.3) is 0 Å². The van der Waals surface area contributed by atoms with Gasteiger partial charge in [0, 0.05) is 19.7 Å².